The van der Waals surface area contributed by atoms with Gasteiger partial charge in [-0.3, -0.25) is 9.59 Å². The molecule has 8 heteroatoms. The normalized spacial score (nSPS) is 17.4. The lowest BCUT2D eigenvalue weighted by molar-refractivity contribution is -0.129. The maximum Gasteiger partial charge on any atom is 0.319 e. The molecule has 2 rings (SSSR count). The predicted octanol–water partition coefficient (Wildman–Crippen LogP) is 0.439. The van der Waals surface area contributed by atoms with E-state index in [1.54, 1.807) is 6.07 Å². The van der Waals surface area contributed by atoms with E-state index in [4.69, 9.17) is 0 Å². The maximum atomic E-state index is 11.9. The highest BCUT2D eigenvalue weighted by Crippen LogP contribution is 2.20. The largest absolute Gasteiger partial charge is 0.338 e. The summed E-state index contributed by atoms with van der Waals surface area (Å²) in [7, 11) is 3.96. The minimum absolute atomic E-state index is 0.165. The molecule has 1 aliphatic rings. The molecular weight excluding hydrogens is 310 g/mol. The van der Waals surface area contributed by atoms with Crippen LogP contribution in [0.5, 0.6) is 0 Å². The lowest BCUT2D eigenvalue weighted by Crippen LogP contribution is -2.40. The van der Waals surface area contributed by atoms with Crippen LogP contribution in [0.2, 0.25) is 0 Å². The van der Waals surface area contributed by atoms with Crippen molar-refractivity contribution >= 4 is 17.6 Å². The van der Waals surface area contributed by atoms with Crippen LogP contribution in [-0.2, 0) is 4.79 Å². The van der Waals surface area contributed by atoms with Crippen molar-refractivity contribution in [3.63, 3.8) is 0 Å². The molecule has 8 nitrogen and oxygen atoms in total. The maximum absolute atomic E-state index is 11.9. The summed E-state index contributed by atoms with van der Waals surface area (Å²) in [5, 5.41) is 5.25. The van der Waals surface area contributed by atoms with Gasteiger partial charge in [0.05, 0.1) is 0 Å². The van der Waals surface area contributed by atoms with Crippen LogP contribution in [0.3, 0.4) is 0 Å². The summed E-state index contributed by atoms with van der Waals surface area (Å²) < 4.78 is 0. The second-order valence-electron chi connectivity index (χ2n) is 6.17. The van der Waals surface area contributed by atoms with Gasteiger partial charge in [-0.1, -0.05) is 0 Å². The number of rotatable bonds is 7. The summed E-state index contributed by atoms with van der Waals surface area (Å²) in [5.41, 5.74) is -0.137. The van der Waals surface area contributed by atoms with Gasteiger partial charge in [0.15, 0.2) is 0 Å². The first-order valence-electron chi connectivity index (χ1n) is 8.14. The molecule has 2 heterocycles. The first-order valence-corrected chi connectivity index (χ1v) is 8.14. The van der Waals surface area contributed by atoms with E-state index < -0.39 is 6.03 Å². The van der Waals surface area contributed by atoms with Crippen LogP contribution < -0.4 is 16.2 Å². The number of carbonyl (C=O) groups excluding carboxylic acids is 2. The van der Waals surface area contributed by atoms with Crippen LogP contribution in [0, 0.1) is 0 Å². The van der Waals surface area contributed by atoms with Crippen LogP contribution in [0.15, 0.2) is 23.1 Å². The molecule has 3 N–H and O–H groups in total. The average molecular weight is 335 g/mol. The van der Waals surface area contributed by atoms with Gasteiger partial charge in [-0.2, -0.15) is 0 Å². The monoisotopic (exact) mass is 335 g/mol. The highest BCUT2D eigenvalue weighted by molar-refractivity contribution is 5.88. The van der Waals surface area contributed by atoms with Gasteiger partial charge in [-0.15, -0.1) is 0 Å². The van der Waals surface area contributed by atoms with E-state index in [1.165, 1.54) is 12.3 Å². The zero-order valence-electron chi connectivity index (χ0n) is 14.2. The van der Waals surface area contributed by atoms with Crippen molar-refractivity contribution in [2.24, 2.45) is 0 Å². The number of likely N-dealkylation sites (tertiary alicyclic amines) is 1. The molecule has 1 atom stereocenters. The number of urea groups is 1. The molecule has 1 aromatic heterocycles. The Morgan fingerprint density at radius 2 is 2.21 bits per heavy atom. The third-order valence-electron chi connectivity index (χ3n) is 4.07. The highest BCUT2D eigenvalue weighted by atomic mass is 16.2. The van der Waals surface area contributed by atoms with Crippen molar-refractivity contribution in [3.8, 4) is 0 Å². The van der Waals surface area contributed by atoms with Gasteiger partial charge < -0.3 is 25.4 Å². The van der Waals surface area contributed by atoms with Crippen molar-refractivity contribution in [1.82, 2.24) is 20.1 Å². The smallest absolute Gasteiger partial charge is 0.319 e. The number of hydrogen-bond donors (Lipinski definition) is 3. The number of carbonyl (C=O) groups is 2. The van der Waals surface area contributed by atoms with Gasteiger partial charge >= 0.3 is 6.03 Å². The Morgan fingerprint density at radius 1 is 1.42 bits per heavy atom. The first-order chi connectivity index (χ1) is 11.5. The van der Waals surface area contributed by atoms with E-state index in [1.807, 2.05) is 23.9 Å². The molecule has 1 aliphatic heterocycles. The van der Waals surface area contributed by atoms with Crippen molar-refractivity contribution < 1.29 is 9.59 Å². The predicted molar refractivity (Wildman–Crippen MR) is 92.0 cm³/mol. The fourth-order valence-corrected chi connectivity index (χ4v) is 2.75. The Kier molecular flexibility index (Phi) is 6.36. The molecule has 1 saturated heterocycles. The topological polar surface area (TPSA) is 97.5 Å². The Morgan fingerprint density at radius 3 is 2.92 bits per heavy atom. The van der Waals surface area contributed by atoms with Gasteiger partial charge in [-0.25, -0.2) is 4.79 Å². The van der Waals surface area contributed by atoms with Crippen molar-refractivity contribution in [1.29, 1.82) is 0 Å². The van der Waals surface area contributed by atoms with Gasteiger partial charge in [0.1, 0.15) is 5.69 Å². The second-order valence-corrected chi connectivity index (χ2v) is 6.17. The lowest BCUT2D eigenvalue weighted by atomic mass is 10.1. The van der Waals surface area contributed by atoms with Crippen molar-refractivity contribution in [3.05, 3.63) is 28.7 Å². The fraction of sp³-hybridized carbons (Fsp3) is 0.562. The Bertz CT molecular complexity index is 628. The number of amides is 3. The second kappa shape index (κ2) is 8.49. The summed E-state index contributed by atoms with van der Waals surface area (Å²) in [5.74, 6) is 0.183. The van der Waals surface area contributed by atoms with Gasteiger partial charge in [0.2, 0.25) is 5.91 Å². The highest BCUT2D eigenvalue weighted by Gasteiger charge is 2.30. The molecule has 1 fully saturated rings. The van der Waals surface area contributed by atoms with Gasteiger partial charge in [-0.05, 0) is 39.1 Å². The Labute approximate surface area is 141 Å². The van der Waals surface area contributed by atoms with Gasteiger partial charge in [0, 0.05) is 38.3 Å². The van der Waals surface area contributed by atoms with E-state index >= 15 is 0 Å². The summed E-state index contributed by atoms with van der Waals surface area (Å²) in [6.07, 6.45) is 3.61. The molecule has 132 valence electrons. The van der Waals surface area contributed by atoms with E-state index in [0.717, 1.165) is 13.0 Å². The molecule has 3 amide bonds. The summed E-state index contributed by atoms with van der Waals surface area (Å²) >= 11 is 0. The van der Waals surface area contributed by atoms with E-state index in [9.17, 15) is 14.4 Å². The van der Waals surface area contributed by atoms with Gasteiger partial charge in [0.25, 0.3) is 5.56 Å². The number of likely N-dealkylation sites (N-methyl/N-ethyl adjacent to an activating group) is 1. The Balaban J connectivity index is 1.76. The van der Waals surface area contributed by atoms with Crippen LogP contribution in [0.25, 0.3) is 0 Å². The van der Waals surface area contributed by atoms with Crippen LogP contribution in [0.4, 0.5) is 10.5 Å². The van der Waals surface area contributed by atoms with Crippen LogP contribution >= 0.6 is 0 Å². The standard InChI is InChI=1S/C16H25N5O3/c1-20(2)10-11-21-12(5-6-14(21)22)7-9-18-16(24)19-13-4-3-8-17-15(13)23/h3-4,8,12H,5-7,9-11H2,1-2H3,(H,17,23)(H2,18,19,24)/t12-/m1/s1. The third-order valence-corrected chi connectivity index (χ3v) is 4.07. The summed E-state index contributed by atoms with van der Waals surface area (Å²) in [4.78, 5) is 41.7. The lowest BCUT2D eigenvalue weighted by Gasteiger charge is -2.26. The summed E-state index contributed by atoms with van der Waals surface area (Å²) in [6, 6.07) is 2.93. The number of pyridine rings is 1. The van der Waals surface area contributed by atoms with Crippen molar-refractivity contribution in [2.45, 2.75) is 25.3 Å². The zero-order chi connectivity index (χ0) is 17.5. The number of nitrogens with one attached hydrogen (secondary N) is 3. The molecule has 1 aromatic rings. The molecule has 0 unspecified atom stereocenters. The minimum atomic E-state index is -0.420. The van der Waals surface area contributed by atoms with Crippen LogP contribution in [0.1, 0.15) is 19.3 Å². The average Bonchev–Trinajstić information content (AvgIpc) is 2.88. The number of hydrogen-bond acceptors (Lipinski definition) is 4. The summed E-state index contributed by atoms with van der Waals surface area (Å²) in [6.45, 7) is 1.99. The first kappa shape index (κ1) is 18.0. The zero-order valence-corrected chi connectivity index (χ0v) is 14.2. The molecule has 0 spiro atoms. The number of aromatic nitrogens is 1. The SMILES string of the molecule is CN(C)CCN1C(=O)CC[C@@H]1CCNC(=O)Nc1ccc[nH]c1=O. The third kappa shape index (κ3) is 5.09. The van der Waals surface area contributed by atoms with E-state index in [-0.39, 0.29) is 23.2 Å². The number of anilines is 1. The fourth-order valence-electron chi connectivity index (χ4n) is 2.75. The number of aromatic amines is 1. The van der Waals surface area contributed by atoms with E-state index in [2.05, 4.69) is 15.6 Å². The van der Waals surface area contributed by atoms with Crippen molar-refractivity contribution in [2.75, 3.05) is 39.0 Å². The quantitative estimate of drug-likeness (QED) is 0.673. The molecular formula is C16H25N5O3. The number of nitrogens with zero attached hydrogens (tertiary/aromatic N) is 2. The molecule has 0 radical (unpaired) electrons. The Hall–Kier alpha value is -2.35. The van der Waals surface area contributed by atoms with Crippen LogP contribution in [-0.4, -0.2) is 66.5 Å². The molecule has 0 aromatic carbocycles. The van der Waals surface area contributed by atoms with E-state index in [0.29, 0.717) is 25.9 Å². The molecule has 24 heavy (non-hydrogen) atoms. The molecule has 0 saturated carbocycles. The minimum Gasteiger partial charge on any atom is -0.338 e. The molecule has 0 aliphatic carbocycles. The number of H-pyrrole nitrogens is 1. The molecule has 0 bridgehead atoms.